The summed E-state index contributed by atoms with van der Waals surface area (Å²) < 4.78 is 0. The zero-order valence-electron chi connectivity index (χ0n) is 13.2. The molecule has 0 saturated carbocycles. The van der Waals surface area contributed by atoms with Crippen LogP contribution in [0, 0.1) is 29.6 Å². The SMILES string of the molecule is C=C(C)CSc1cc(N)c(C#N)c(-c2ccc(C)cc2)c1C#N. The molecule has 3 nitrogen and oxygen atoms in total. The summed E-state index contributed by atoms with van der Waals surface area (Å²) in [5, 5.41) is 19.1. The van der Waals surface area contributed by atoms with Crippen molar-refractivity contribution in [2.45, 2.75) is 18.7 Å². The van der Waals surface area contributed by atoms with Crippen molar-refractivity contribution >= 4 is 17.4 Å². The van der Waals surface area contributed by atoms with Gasteiger partial charge in [0.05, 0.1) is 16.8 Å². The van der Waals surface area contributed by atoms with E-state index in [9.17, 15) is 10.5 Å². The predicted molar refractivity (Wildman–Crippen MR) is 96.0 cm³/mol. The normalized spacial score (nSPS) is 9.91. The highest BCUT2D eigenvalue weighted by molar-refractivity contribution is 7.99. The van der Waals surface area contributed by atoms with Crippen LogP contribution in [0.2, 0.25) is 0 Å². The molecule has 0 aliphatic heterocycles. The smallest absolute Gasteiger partial charge is 0.102 e. The van der Waals surface area contributed by atoms with Crippen molar-refractivity contribution in [3.8, 4) is 23.3 Å². The van der Waals surface area contributed by atoms with Gasteiger partial charge in [-0.3, -0.25) is 0 Å². The molecule has 0 atom stereocenters. The number of hydrogen-bond donors (Lipinski definition) is 1. The lowest BCUT2D eigenvalue weighted by Crippen LogP contribution is -2.00. The lowest BCUT2D eigenvalue weighted by molar-refractivity contribution is 1.33. The Hall–Kier alpha value is -2.69. The molecule has 0 spiro atoms. The van der Waals surface area contributed by atoms with E-state index in [1.165, 1.54) is 11.8 Å². The number of aryl methyl sites for hydroxylation is 1. The maximum Gasteiger partial charge on any atom is 0.102 e. The number of thioether (sulfide) groups is 1. The first-order valence-corrected chi connectivity index (χ1v) is 8.07. The van der Waals surface area contributed by atoms with Crippen LogP contribution < -0.4 is 5.73 Å². The fourth-order valence-corrected chi connectivity index (χ4v) is 3.14. The highest BCUT2D eigenvalue weighted by Crippen LogP contribution is 2.38. The van der Waals surface area contributed by atoms with Gasteiger partial charge >= 0.3 is 0 Å². The third kappa shape index (κ3) is 3.56. The molecule has 23 heavy (non-hydrogen) atoms. The second-order valence-corrected chi connectivity index (χ2v) is 6.44. The second-order valence-electron chi connectivity index (χ2n) is 5.42. The molecule has 114 valence electrons. The van der Waals surface area contributed by atoms with Crippen molar-refractivity contribution in [3.05, 3.63) is 59.2 Å². The topological polar surface area (TPSA) is 73.6 Å². The number of benzene rings is 2. The Kier molecular flexibility index (Phi) is 5.11. The minimum atomic E-state index is 0.352. The number of rotatable bonds is 4. The van der Waals surface area contributed by atoms with E-state index in [1.807, 2.05) is 38.1 Å². The van der Waals surface area contributed by atoms with Gasteiger partial charge in [0.1, 0.15) is 12.1 Å². The highest BCUT2D eigenvalue weighted by Gasteiger charge is 2.18. The third-order valence-corrected chi connectivity index (χ3v) is 4.63. The van der Waals surface area contributed by atoms with Gasteiger partial charge in [-0.25, -0.2) is 0 Å². The van der Waals surface area contributed by atoms with Crippen LogP contribution in [0.3, 0.4) is 0 Å². The summed E-state index contributed by atoms with van der Waals surface area (Å²) in [6.45, 7) is 7.82. The van der Waals surface area contributed by atoms with Gasteiger partial charge in [0.25, 0.3) is 0 Å². The summed E-state index contributed by atoms with van der Waals surface area (Å²) >= 11 is 1.51. The number of nitrogens with two attached hydrogens (primary N) is 1. The first kappa shape index (κ1) is 16.7. The molecule has 0 saturated heterocycles. The number of nitriles is 2. The average molecular weight is 319 g/mol. The van der Waals surface area contributed by atoms with Gasteiger partial charge in [-0.05, 0) is 25.5 Å². The largest absolute Gasteiger partial charge is 0.398 e. The Morgan fingerprint density at radius 3 is 2.30 bits per heavy atom. The van der Waals surface area contributed by atoms with Gasteiger partial charge in [0.15, 0.2) is 0 Å². The average Bonchev–Trinajstić information content (AvgIpc) is 2.53. The molecule has 2 aromatic rings. The Morgan fingerprint density at radius 2 is 1.78 bits per heavy atom. The number of nitrogens with zero attached hydrogens (tertiary/aromatic N) is 2. The van der Waals surface area contributed by atoms with Gasteiger partial charge in [0.2, 0.25) is 0 Å². The van der Waals surface area contributed by atoms with Crippen molar-refractivity contribution in [1.82, 2.24) is 0 Å². The molecule has 0 fully saturated rings. The van der Waals surface area contributed by atoms with Gasteiger partial charge in [-0.15, -0.1) is 11.8 Å². The summed E-state index contributed by atoms with van der Waals surface area (Å²) in [6.07, 6.45) is 0. The van der Waals surface area contributed by atoms with Crippen LogP contribution in [-0.4, -0.2) is 5.75 Å². The number of hydrogen-bond acceptors (Lipinski definition) is 4. The standard InChI is InChI=1S/C19H17N3S/c1-12(2)11-23-18-8-17(22)15(9-20)19(16(18)10-21)14-6-4-13(3)5-7-14/h4-8H,1,11,22H2,2-3H3. The minimum Gasteiger partial charge on any atom is -0.398 e. The molecule has 4 heteroatoms. The van der Waals surface area contributed by atoms with E-state index in [4.69, 9.17) is 5.73 Å². The van der Waals surface area contributed by atoms with E-state index in [1.54, 1.807) is 6.07 Å². The molecule has 0 bridgehead atoms. The van der Waals surface area contributed by atoms with Crippen LogP contribution in [0.25, 0.3) is 11.1 Å². The Morgan fingerprint density at radius 1 is 1.17 bits per heavy atom. The van der Waals surface area contributed by atoms with E-state index in [0.29, 0.717) is 28.1 Å². The predicted octanol–water partition coefficient (Wildman–Crippen LogP) is 4.66. The minimum absolute atomic E-state index is 0.352. The summed E-state index contributed by atoms with van der Waals surface area (Å²) in [6, 6.07) is 13.8. The lowest BCUT2D eigenvalue weighted by Gasteiger charge is -2.14. The summed E-state index contributed by atoms with van der Waals surface area (Å²) in [5.74, 6) is 0.702. The zero-order valence-corrected chi connectivity index (χ0v) is 14.0. The third-order valence-electron chi connectivity index (χ3n) is 3.36. The van der Waals surface area contributed by atoms with E-state index < -0.39 is 0 Å². The fourth-order valence-electron chi connectivity index (χ4n) is 2.23. The van der Waals surface area contributed by atoms with E-state index in [-0.39, 0.29) is 0 Å². The van der Waals surface area contributed by atoms with Crippen LogP contribution in [0.5, 0.6) is 0 Å². The maximum absolute atomic E-state index is 9.66. The van der Waals surface area contributed by atoms with Crippen molar-refractivity contribution < 1.29 is 0 Å². The Labute approximate surface area is 141 Å². The molecule has 2 rings (SSSR count). The monoisotopic (exact) mass is 319 g/mol. The molecule has 0 amide bonds. The van der Waals surface area contributed by atoms with E-state index in [0.717, 1.165) is 21.6 Å². The zero-order chi connectivity index (χ0) is 17.0. The summed E-state index contributed by atoms with van der Waals surface area (Å²) in [7, 11) is 0. The van der Waals surface area contributed by atoms with Gasteiger partial charge < -0.3 is 5.73 Å². The molecule has 0 aromatic heterocycles. The van der Waals surface area contributed by atoms with Gasteiger partial charge in [-0.2, -0.15) is 10.5 Å². The summed E-state index contributed by atoms with van der Waals surface area (Å²) in [4.78, 5) is 0.780. The van der Waals surface area contributed by atoms with E-state index >= 15 is 0 Å². The highest BCUT2D eigenvalue weighted by atomic mass is 32.2. The molecule has 0 heterocycles. The van der Waals surface area contributed by atoms with Crippen LogP contribution in [-0.2, 0) is 0 Å². The molecule has 0 radical (unpaired) electrons. The van der Waals surface area contributed by atoms with E-state index in [2.05, 4.69) is 18.7 Å². The first-order valence-electron chi connectivity index (χ1n) is 7.08. The summed E-state index contributed by atoms with van der Waals surface area (Å²) in [5.41, 5.74) is 10.9. The molecule has 2 aromatic carbocycles. The first-order chi connectivity index (χ1) is 11.0. The van der Waals surface area contributed by atoms with Crippen LogP contribution in [0.1, 0.15) is 23.6 Å². The molecule has 0 aliphatic carbocycles. The van der Waals surface area contributed by atoms with Crippen LogP contribution in [0.4, 0.5) is 5.69 Å². The van der Waals surface area contributed by atoms with Gasteiger partial charge in [0, 0.05) is 16.2 Å². The van der Waals surface area contributed by atoms with Crippen LogP contribution in [0.15, 0.2) is 47.4 Å². The maximum atomic E-state index is 9.66. The Balaban J connectivity index is 2.71. The van der Waals surface area contributed by atoms with Crippen molar-refractivity contribution in [1.29, 1.82) is 10.5 Å². The number of nitrogen functional groups attached to an aromatic ring is 1. The Bertz CT molecular complexity index is 837. The second kappa shape index (κ2) is 7.05. The molecular formula is C19H17N3S. The van der Waals surface area contributed by atoms with Crippen molar-refractivity contribution in [2.75, 3.05) is 11.5 Å². The molecule has 0 unspecified atom stereocenters. The van der Waals surface area contributed by atoms with Crippen molar-refractivity contribution in [2.24, 2.45) is 0 Å². The molecule has 0 aliphatic rings. The van der Waals surface area contributed by atoms with Crippen molar-refractivity contribution in [3.63, 3.8) is 0 Å². The fraction of sp³-hybridized carbons (Fsp3) is 0.158. The quantitative estimate of drug-likeness (QED) is 0.505. The van der Waals surface area contributed by atoms with Crippen LogP contribution >= 0.6 is 11.8 Å². The van der Waals surface area contributed by atoms with Gasteiger partial charge in [-0.1, -0.05) is 42.0 Å². The number of anilines is 1. The molecule has 2 N–H and O–H groups in total. The lowest BCUT2D eigenvalue weighted by atomic mass is 9.93. The molecular weight excluding hydrogens is 302 g/mol.